The van der Waals surface area contributed by atoms with E-state index in [1.807, 2.05) is 29.2 Å². The highest BCUT2D eigenvalue weighted by Gasteiger charge is 2.26. The second kappa shape index (κ2) is 5.49. The Labute approximate surface area is 138 Å². The van der Waals surface area contributed by atoms with Crippen molar-refractivity contribution < 1.29 is 9.18 Å². The molecule has 1 aliphatic rings. The molecule has 24 heavy (non-hydrogen) atoms. The van der Waals surface area contributed by atoms with E-state index in [4.69, 9.17) is 11.5 Å². The summed E-state index contributed by atoms with van der Waals surface area (Å²) in [6.07, 6.45) is 1.86. The number of carbonyl (C=O) groups excluding carboxylic acids is 1. The van der Waals surface area contributed by atoms with Crippen LogP contribution >= 0.6 is 0 Å². The first-order valence-corrected chi connectivity index (χ1v) is 8.09. The number of fused-ring (bicyclic) bond motifs is 3. The molecule has 3 aromatic rings. The summed E-state index contributed by atoms with van der Waals surface area (Å²) in [7, 11) is 0. The molecule has 0 aliphatic carbocycles. The van der Waals surface area contributed by atoms with Gasteiger partial charge in [0.05, 0.1) is 16.8 Å². The molecule has 1 saturated heterocycles. The lowest BCUT2D eigenvalue weighted by Gasteiger charge is -2.33. The van der Waals surface area contributed by atoms with Crippen LogP contribution in [0.3, 0.4) is 0 Å². The highest BCUT2D eigenvalue weighted by atomic mass is 19.1. The maximum Gasteiger partial charge on any atom is 0.250 e. The Morgan fingerprint density at radius 1 is 1.33 bits per heavy atom. The van der Waals surface area contributed by atoms with Crippen LogP contribution in [0.15, 0.2) is 30.3 Å². The molecule has 1 amide bonds. The number of para-hydroxylation sites is 1. The number of aromatic nitrogens is 1. The van der Waals surface area contributed by atoms with E-state index in [2.05, 4.69) is 4.98 Å². The first kappa shape index (κ1) is 15.0. The summed E-state index contributed by atoms with van der Waals surface area (Å²) in [6.45, 7) is 1.34. The van der Waals surface area contributed by atoms with Crippen molar-refractivity contribution in [2.45, 2.75) is 18.9 Å². The van der Waals surface area contributed by atoms with E-state index in [0.29, 0.717) is 23.1 Å². The number of nitrogens with two attached hydrogens (primary N) is 2. The molecule has 1 aromatic heterocycles. The Kier molecular flexibility index (Phi) is 3.42. The van der Waals surface area contributed by atoms with Crippen molar-refractivity contribution in [3.8, 4) is 0 Å². The summed E-state index contributed by atoms with van der Waals surface area (Å²) in [4.78, 5) is 17.0. The lowest BCUT2D eigenvalue weighted by atomic mass is 10.0. The number of primary amides is 1. The summed E-state index contributed by atoms with van der Waals surface area (Å²) in [5, 5.41) is 1.58. The SMILES string of the molecule is NC(=O)c1cc(F)c(N2CCCC(N)C2)c2c1[nH]c1ccccc12. The standard InChI is InChI=1S/C18H19FN4O/c19-13-8-12(18(21)24)16-15(11-5-1-2-6-14(11)22-16)17(13)23-7-3-4-10(20)9-23/h1-2,5-6,8,10,22H,3-4,7,9,20H2,(H2,21,24). The van der Waals surface area contributed by atoms with Crippen molar-refractivity contribution in [2.75, 3.05) is 18.0 Å². The minimum atomic E-state index is -0.646. The third-order valence-electron chi connectivity index (χ3n) is 4.75. The molecule has 6 heteroatoms. The monoisotopic (exact) mass is 326 g/mol. The molecule has 124 valence electrons. The predicted molar refractivity (Wildman–Crippen MR) is 93.7 cm³/mol. The molecule has 2 heterocycles. The fourth-order valence-electron chi connectivity index (χ4n) is 3.69. The number of rotatable bonds is 2. The zero-order chi connectivity index (χ0) is 16.8. The van der Waals surface area contributed by atoms with Gasteiger partial charge in [-0.3, -0.25) is 4.79 Å². The van der Waals surface area contributed by atoms with Gasteiger partial charge in [-0.2, -0.15) is 0 Å². The van der Waals surface area contributed by atoms with Crippen molar-refractivity contribution in [1.82, 2.24) is 4.98 Å². The highest BCUT2D eigenvalue weighted by molar-refractivity contribution is 6.19. The van der Waals surface area contributed by atoms with E-state index in [1.54, 1.807) is 0 Å². The number of halogens is 1. The first-order valence-electron chi connectivity index (χ1n) is 8.09. The Morgan fingerprint density at radius 3 is 2.88 bits per heavy atom. The second-order valence-electron chi connectivity index (χ2n) is 6.39. The summed E-state index contributed by atoms with van der Waals surface area (Å²) in [5.74, 6) is -1.08. The molecule has 0 radical (unpaired) electrons. The topological polar surface area (TPSA) is 88.1 Å². The average molecular weight is 326 g/mol. The number of hydrogen-bond donors (Lipinski definition) is 3. The molecule has 4 rings (SSSR count). The van der Waals surface area contributed by atoms with E-state index < -0.39 is 11.7 Å². The highest BCUT2D eigenvalue weighted by Crippen LogP contribution is 2.38. The molecule has 0 spiro atoms. The molecule has 2 aromatic carbocycles. The summed E-state index contributed by atoms with van der Waals surface area (Å²) in [6, 6.07) is 8.88. The van der Waals surface area contributed by atoms with Crippen LogP contribution in [-0.4, -0.2) is 30.0 Å². The predicted octanol–water partition coefficient (Wildman–Crippen LogP) is 2.49. The fourth-order valence-corrected chi connectivity index (χ4v) is 3.69. The molecule has 1 atom stereocenters. The van der Waals surface area contributed by atoms with E-state index in [1.165, 1.54) is 6.07 Å². The van der Waals surface area contributed by atoms with Crippen LogP contribution in [0.4, 0.5) is 10.1 Å². The summed E-state index contributed by atoms with van der Waals surface area (Å²) >= 11 is 0. The van der Waals surface area contributed by atoms with Gasteiger partial charge in [0.1, 0.15) is 5.82 Å². The van der Waals surface area contributed by atoms with Crippen LogP contribution in [0.5, 0.6) is 0 Å². The molecule has 0 saturated carbocycles. The van der Waals surface area contributed by atoms with Gasteiger partial charge < -0.3 is 21.4 Å². The van der Waals surface area contributed by atoms with Crippen LogP contribution in [0.2, 0.25) is 0 Å². The van der Waals surface area contributed by atoms with Crippen molar-refractivity contribution in [1.29, 1.82) is 0 Å². The van der Waals surface area contributed by atoms with Crippen LogP contribution in [0, 0.1) is 5.82 Å². The molecular formula is C18H19FN4O. The van der Waals surface area contributed by atoms with Gasteiger partial charge in [0.25, 0.3) is 5.91 Å². The third-order valence-corrected chi connectivity index (χ3v) is 4.75. The van der Waals surface area contributed by atoms with Gasteiger partial charge in [-0.25, -0.2) is 4.39 Å². The minimum absolute atomic E-state index is 0.0224. The molecule has 5 N–H and O–H groups in total. The Balaban J connectivity index is 2.07. The number of H-pyrrole nitrogens is 1. The second-order valence-corrected chi connectivity index (χ2v) is 6.39. The van der Waals surface area contributed by atoms with Gasteiger partial charge in [0.15, 0.2) is 0 Å². The number of piperidine rings is 1. The van der Waals surface area contributed by atoms with Gasteiger partial charge in [-0.05, 0) is 25.0 Å². The molecule has 1 fully saturated rings. The zero-order valence-electron chi connectivity index (χ0n) is 13.2. The molecule has 1 unspecified atom stereocenters. The van der Waals surface area contributed by atoms with E-state index in [0.717, 1.165) is 30.3 Å². The fraction of sp³-hybridized carbons (Fsp3) is 0.278. The maximum atomic E-state index is 15.0. The van der Waals surface area contributed by atoms with Crippen molar-refractivity contribution in [2.24, 2.45) is 11.5 Å². The molecule has 1 aliphatic heterocycles. The Bertz CT molecular complexity index is 949. The summed E-state index contributed by atoms with van der Waals surface area (Å²) in [5.41, 5.74) is 13.6. The molecular weight excluding hydrogens is 307 g/mol. The van der Waals surface area contributed by atoms with E-state index in [9.17, 15) is 9.18 Å². The van der Waals surface area contributed by atoms with Crippen LogP contribution < -0.4 is 16.4 Å². The largest absolute Gasteiger partial charge is 0.367 e. The van der Waals surface area contributed by atoms with Crippen LogP contribution in [0.25, 0.3) is 21.8 Å². The van der Waals surface area contributed by atoms with E-state index in [-0.39, 0.29) is 11.6 Å². The quantitative estimate of drug-likeness (QED) is 0.676. The number of nitrogens with one attached hydrogen (secondary N) is 1. The van der Waals surface area contributed by atoms with Crippen LogP contribution in [-0.2, 0) is 0 Å². The number of nitrogens with zero attached hydrogens (tertiary/aromatic N) is 1. The first-order chi connectivity index (χ1) is 11.6. The van der Waals surface area contributed by atoms with Crippen molar-refractivity contribution in [3.63, 3.8) is 0 Å². The zero-order valence-corrected chi connectivity index (χ0v) is 13.2. The number of aromatic amines is 1. The molecule has 5 nitrogen and oxygen atoms in total. The van der Waals surface area contributed by atoms with E-state index >= 15 is 0 Å². The van der Waals surface area contributed by atoms with Gasteiger partial charge >= 0.3 is 0 Å². The third kappa shape index (κ3) is 2.22. The van der Waals surface area contributed by atoms with Crippen molar-refractivity contribution >= 4 is 33.4 Å². The lowest BCUT2D eigenvalue weighted by molar-refractivity contribution is 0.100. The molecule has 0 bridgehead atoms. The summed E-state index contributed by atoms with van der Waals surface area (Å²) < 4.78 is 15.0. The van der Waals surface area contributed by atoms with Gasteiger partial charge in [0.2, 0.25) is 0 Å². The van der Waals surface area contributed by atoms with Gasteiger partial charge in [0, 0.05) is 35.4 Å². The number of carbonyl (C=O) groups is 1. The number of amides is 1. The lowest BCUT2D eigenvalue weighted by Crippen LogP contribution is -2.43. The number of anilines is 1. The van der Waals surface area contributed by atoms with Crippen LogP contribution in [0.1, 0.15) is 23.2 Å². The number of benzene rings is 2. The normalized spacial score (nSPS) is 18.4. The Hall–Kier alpha value is -2.60. The van der Waals surface area contributed by atoms with Gasteiger partial charge in [-0.1, -0.05) is 18.2 Å². The van der Waals surface area contributed by atoms with Gasteiger partial charge in [-0.15, -0.1) is 0 Å². The number of hydrogen-bond acceptors (Lipinski definition) is 3. The van der Waals surface area contributed by atoms with Crippen molar-refractivity contribution in [3.05, 3.63) is 41.7 Å². The Morgan fingerprint density at radius 2 is 2.12 bits per heavy atom. The average Bonchev–Trinajstić information content (AvgIpc) is 2.93. The smallest absolute Gasteiger partial charge is 0.250 e. The maximum absolute atomic E-state index is 15.0. The minimum Gasteiger partial charge on any atom is -0.367 e.